The van der Waals surface area contributed by atoms with Gasteiger partial charge in [0.2, 0.25) is 12.0 Å². The quantitative estimate of drug-likeness (QED) is 0.866. The van der Waals surface area contributed by atoms with Crippen LogP contribution in [0, 0.1) is 11.3 Å². The zero-order chi connectivity index (χ0) is 14.6. The molecule has 102 valence electrons. The Morgan fingerprint density at radius 1 is 1.20 bits per heavy atom. The minimum Gasteiger partial charge on any atom is -0.459 e. The van der Waals surface area contributed by atoms with Crippen LogP contribution in [0.2, 0.25) is 0 Å². The number of nitriles is 1. The molecule has 0 bridgehead atoms. The molecule has 0 aliphatic rings. The standard InChI is InChI=1S/C13H8F3N3O/c14-13(15,16)11(10-4-1-5-18-8-10)20-12-9(7-17)3-2-6-19-12/h1-6,8,11H. The van der Waals surface area contributed by atoms with Crippen molar-refractivity contribution >= 4 is 0 Å². The van der Waals surface area contributed by atoms with Crippen LogP contribution in [0.1, 0.15) is 17.2 Å². The number of halogens is 3. The van der Waals surface area contributed by atoms with Gasteiger partial charge >= 0.3 is 6.18 Å². The predicted octanol–water partition coefficient (Wildman–Crippen LogP) is 3.03. The molecule has 0 aliphatic carbocycles. The van der Waals surface area contributed by atoms with Gasteiger partial charge < -0.3 is 4.74 Å². The molecule has 20 heavy (non-hydrogen) atoms. The third kappa shape index (κ3) is 3.03. The Bertz CT molecular complexity index is 623. The van der Waals surface area contributed by atoms with Crippen molar-refractivity contribution in [3.63, 3.8) is 0 Å². The van der Waals surface area contributed by atoms with Gasteiger partial charge in [-0.1, -0.05) is 6.07 Å². The summed E-state index contributed by atoms with van der Waals surface area (Å²) in [5.41, 5.74) is -0.222. The number of aromatic nitrogens is 2. The molecule has 7 heteroatoms. The molecule has 0 aromatic carbocycles. The predicted molar refractivity (Wildman–Crippen MR) is 62.6 cm³/mol. The fraction of sp³-hybridized carbons (Fsp3) is 0.154. The van der Waals surface area contributed by atoms with E-state index in [-0.39, 0.29) is 17.0 Å². The Balaban J connectivity index is 2.38. The van der Waals surface area contributed by atoms with Crippen LogP contribution < -0.4 is 4.74 Å². The van der Waals surface area contributed by atoms with Crippen molar-refractivity contribution < 1.29 is 17.9 Å². The number of ether oxygens (including phenoxy) is 1. The maximum absolute atomic E-state index is 13.1. The molecule has 2 aromatic heterocycles. The summed E-state index contributed by atoms with van der Waals surface area (Å²) in [5.74, 6) is -0.360. The van der Waals surface area contributed by atoms with Crippen LogP contribution >= 0.6 is 0 Å². The molecule has 4 nitrogen and oxygen atoms in total. The number of pyridine rings is 2. The summed E-state index contributed by atoms with van der Waals surface area (Å²) in [5, 5.41) is 8.84. The van der Waals surface area contributed by atoms with Crippen LogP contribution in [0.3, 0.4) is 0 Å². The maximum Gasteiger partial charge on any atom is 0.429 e. The average Bonchev–Trinajstić information content (AvgIpc) is 2.45. The number of nitrogens with zero attached hydrogens (tertiary/aromatic N) is 3. The Morgan fingerprint density at radius 2 is 1.95 bits per heavy atom. The highest BCUT2D eigenvalue weighted by Gasteiger charge is 2.43. The first-order chi connectivity index (χ1) is 9.52. The third-order valence-corrected chi connectivity index (χ3v) is 2.41. The van der Waals surface area contributed by atoms with Gasteiger partial charge in [-0.2, -0.15) is 18.4 Å². The second-order valence-corrected chi connectivity index (χ2v) is 3.79. The molecule has 0 amide bonds. The molecular formula is C13H8F3N3O. The van der Waals surface area contributed by atoms with Gasteiger partial charge in [0.1, 0.15) is 11.6 Å². The lowest BCUT2D eigenvalue weighted by Gasteiger charge is -2.21. The summed E-state index contributed by atoms with van der Waals surface area (Å²) < 4.78 is 44.1. The van der Waals surface area contributed by atoms with E-state index in [1.54, 1.807) is 6.07 Å². The number of hydrogen-bond donors (Lipinski definition) is 0. The first kappa shape index (κ1) is 13.8. The van der Waals surface area contributed by atoms with E-state index in [2.05, 4.69) is 9.97 Å². The highest BCUT2D eigenvalue weighted by atomic mass is 19.4. The lowest BCUT2D eigenvalue weighted by molar-refractivity contribution is -0.198. The number of alkyl halides is 3. The van der Waals surface area contributed by atoms with Crippen LogP contribution in [-0.2, 0) is 0 Å². The molecule has 2 heterocycles. The Kier molecular flexibility index (Phi) is 3.84. The van der Waals surface area contributed by atoms with E-state index in [4.69, 9.17) is 10.00 Å². The Hall–Kier alpha value is -2.62. The first-order valence-electron chi connectivity index (χ1n) is 5.51. The van der Waals surface area contributed by atoms with Crippen molar-refractivity contribution in [1.82, 2.24) is 9.97 Å². The van der Waals surface area contributed by atoms with Crippen molar-refractivity contribution in [3.05, 3.63) is 54.0 Å². The summed E-state index contributed by atoms with van der Waals surface area (Å²) >= 11 is 0. The molecule has 0 N–H and O–H groups in total. The summed E-state index contributed by atoms with van der Waals surface area (Å²) in [4.78, 5) is 7.30. The fourth-order valence-electron chi connectivity index (χ4n) is 1.54. The average molecular weight is 279 g/mol. The second kappa shape index (κ2) is 5.57. The molecule has 1 unspecified atom stereocenters. The summed E-state index contributed by atoms with van der Waals surface area (Å²) in [6.45, 7) is 0. The highest BCUT2D eigenvalue weighted by Crippen LogP contribution is 2.36. The minimum atomic E-state index is -4.65. The van der Waals surface area contributed by atoms with E-state index in [0.29, 0.717) is 0 Å². The Morgan fingerprint density at radius 3 is 2.55 bits per heavy atom. The van der Waals surface area contributed by atoms with Crippen molar-refractivity contribution in [3.8, 4) is 11.9 Å². The molecule has 1 atom stereocenters. The van der Waals surface area contributed by atoms with Crippen molar-refractivity contribution in [2.75, 3.05) is 0 Å². The normalized spacial score (nSPS) is 12.5. The molecule has 2 rings (SSSR count). The third-order valence-electron chi connectivity index (χ3n) is 2.41. The fourth-order valence-corrected chi connectivity index (χ4v) is 1.54. The summed E-state index contributed by atoms with van der Waals surface area (Å²) in [6.07, 6.45) is -3.19. The smallest absolute Gasteiger partial charge is 0.429 e. The highest BCUT2D eigenvalue weighted by molar-refractivity contribution is 5.37. The van der Waals surface area contributed by atoms with E-state index < -0.39 is 12.3 Å². The van der Waals surface area contributed by atoms with Gasteiger partial charge in [-0.15, -0.1) is 0 Å². The van der Waals surface area contributed by atoms with Crippen LogP contribution in [0.15, 0.2) is 42.9 Å². The molecular weight excluding hydrogens is 271 g/mol. The summed E-state index contributed by atoms with van der Waals surface area (Å²) in [6, 6.07) is 7.13. The van der Waals surface area contributed by atoms with Gasteiger partial charge in [0.25, 0.3) is 0 Å². The largest absolute Gasteiger partial charge is 0.459 e. The number of rotatable bonds is 3. The van der Waals surface area contributed by atoms with E-state index in [0.717, 1.165) is 6.20 Å². The van der Waals surface area contributed by atoms with Crippen LogP contribution in [-0.4, -0.2) is 16.1 Å². The van der Waals surface area contributed by atoms with Gasteiger partial charge in [-0.3, -0.25) is 4.98 Å². The SMILES string of the molecule is N#Cc1cccnc1OC(c1cccnc1)C(F)(F)F. The van der Waals surface area contributed by atoms with E-state index in [9.17, 15) is 13.2 Å². The zero-order valence-corrected chi connectivity index (χ0v) is 10.0. The molecule has 2 aromatic rings. The number of hydrogen-bond acceptors (Lipinski definition) is 4. The molecule has 0 spiro atoms. The van der Waals surface area contributed by atoms with Crippen LogP contribution in [0.5, 0.6) is 5.88 Å². The van der Waals surface area contributed by atoms with E-state index >= 15 is 0 Å². The van der Waals surface area contributed by atoms with Gasteiger partial charge in [0.15, 0.2) is 0 Å². The molecule has 0 aliphatic heterocycles. The van der Waals surface area contributed by atoms with Gasteiger partial charge in [0, 0.05) is 24.2 Å². The molecule has 0 saturated carbocycles. The van der Waals surface area contributed by atoms with E-state index in [1.165, 1.54) is 36.7 Å². The molecule has 0 radical (unpaired) electrons. The lowest BCUT2D eigenvalue weighted by atomic mass is 10.1. The minimum absolute atomic E-state index is 0.0642. The van der Waals surface area contributed by atoms with Gasteiger partial charge in [-0.25, -0.2) is 4.98 Å². The van der Waals surface area contributed by atoms with E-state index in [1.807, 2.05) is 0 Å². The topological polar surface area (TPSA) is 58.8 Å². The maximum atomic E-state index is 13.1. The van der Waals surface area contributed by atoms with Crippen LogP contribution in [0.25, 0.3) is 0 Å². The van der Waals surface area contributed by atoms with Gasteiger partial charge in [0.05, 0.1) is 0 Å². The van der Waals surface area contributed by atoms with Gasteiger partial charge in [-0.05, 0) is 18.2 Å². The second-order valence-electron chi connectivity index (χ2n) is 3.79. The Labute approximate surface area is 112 Å². The summed E-state index contributed by atoms with van der Waals surface area (Å²) in [7, 11) is 0. The van der Waals surface area contributed by atoms with Crippen molar-refractivity contribution in [2.45, 2.75) is 12.3 Å². The first-order valence-corrected chi connectivity index (χ1v) is 5.51. The zero-order valence-electron chi connectivity index (χ0n) is 10.0. The van der Waals surface area contributed by atoms with Crippen molar-refractivity contribution in [2.24, 2.45) is 0 Å². The molecule has 0 saturated heterocycles. The van der Waals surface area contributed by atoms with Crippen LogP contribution in [0.4, 0.5) is 13.2 Å². The molecule has 0 fully saturated rings. The monoisotopic (exact) mass is 279 g/mol. The van der Waals surface area contributed by atoms with Crippen molar-refractivity contribution in [1.29, 1.82) is 5.26 Å². The lowest BCUT2D eigenvalue weighted by Crippen LogP contribution is -2.26.